The number of rotatable bonds is 5. The van der Waals surface area contributed by atoms with Crippen molar-refractivity contribution in [2.24, 2.45) is 0 Å². The van der Waals surface area contributed by atoms with Crippen molar-refractivity contribution >= 4 is 46.4 Å². The molecular formula is C18H14Cl2N4O2. The second-order valence-electron chi connectivity index (χ2n) is 5.23. The molecule has 0 saturated carbocycles. The van der Waals surface area contributed by atoms with E-state index < -0.39 is 0 Å². The fourth-order valence-electron chi connectivity index (χ4n) is 2.13. The molecule has 2 N–H and O–H groups in total. The maximum Gasteiger partial charge on any atom is 0.258 e. The van der Waals surface area contributed by atoms with Gasteiger partial charge in [0.1, 0.15) is 5.75 Å². The lowest BCUT2D eigenvalue weighted by molar-refractivity contribution is 0.102. The van der Waals surface area contributed by atoms with Crippen LogP contribution in [-0.2, 0) is 0 Å². The Morgan fingerprint density at radius 2 is 1.85 bits per heavy atom. The number of halogens is 2. The van der Waals surface area contributed by atoms with Crippen LogP contribution in [0, 0.1) is 0 Å². The molecule has 1 aromatic heterocycles. The monoisotopic (exact) mass is 388 g/mol. The van der Waals surface area contributed by atoms with Crippen LogP contribution in [0.2, 0.25) is 10.0 Å². The fourth-order valence-corrected chi connectivity index (χ4v) is 2.46. The van der Waals surface area contributed by atoms with Gasteiger partial charge in [-0.25, -0.2) is 9.97 Å². The third kappa shape index (κ3) is 4.41. The van der Waals surface area contributed by atoms with Crippen LogP contribution in [-0.4, -0.2) is 23.0 Å². The summed E-state index contributed by atoms with van der Waals surface area (Å²) in [4.78, 5) is 20.6. The van der Waals surface area contributed by atoms with Gasteiger partial charge >= 0.3 is 0 Å². The molecule has 6 nitrogen and oxygen atoms in total. The molecule has 132 valence electrons. The van der Waals surface area contributed by atoms with E-state index in [1.165, 1.54) is 12.4 Å². The van der Waals surface area contributed by atoms with Gasteiger partial charge in [0.05, 0.1) is 23.4 Å². The Hall–Kier alpha value is -2.83. The van der Waals surface area contributed by atoms with Gasteiger partial charge < -0.3 is 15.4 Å². The van der Waals surface area contributed by atoms with Gasteiger partial charge in [0.2, 0.25) is 5.95 Å². The maximum absolute atomic E-state index is 12.3. The molecule has 2 aromatic carbocycles. The number of amides is 1. The lowest BCUT2D eigenvalue weighted by Gasteiger charge is -2.09. The molecule has 3 rings (SSSR count). The molecular weight excluding hydrogens is 375 g/mol. The minimum atomic E-state index is -0.387. The second kappa shape index (κ2) is 8.03. The summed E-state index contributed by atoms with van der Waals surface area (Å²) in [5.74, 6) is 0.682. The number of carbonyl (C=O) groups is 1. The number of carbonyl (C=O) groups excluding carboxylic acids is 1. The number of hydrogen-bond acceptors (Lipinski definition) is 5. The molecule has 8 heteroatoms. The summed E-state index contributed by atoms with van der Waals surface area (Å²) in [6.45, 7) is 0. The molecule has 3 aromatic rings. The summed E-state index contributed by atoms with van der Waals surface area (Å²) in [6, 6.07) is 12.2. The van der Waals surface area contributed by atoms with E-state index in [1.807, 2.05) is 24.3 Å². The lowest BCUT2D eigenvalue weighted by Crippen LogP contribution is -2.13. The van der Waals surface area contributed by atoms with Crippen LogP contribution in [0.5, 0.6) is 5.75 Å². The fraction of sp³-hybridized carbons (Fsp3) is 0.0556. The first-order valence-electron chi connectivity index (χ1n) is 7.54. The molecule has 26 heavy (non-hydrogen) atoms. The highest BCUT2D eigenvalue weighted by Crippen LogP contribution is 2.26. The normalized spacial score (nSPS) is 10.3. The topological polar surface area (TPSA) is 76.1 Å². The number of aromatic nitrogens is 2. The molecule has 0 unspecified atom stereocenters. The highest BCUT2D eigenvalue weighted by atomic mass is 35.5. The summed E-state index contributed by atoms with van der Waals surface area (Å²) >= 11 is 12.0. The number of benzene rings is 2. The number of hydrogen-bond donors (Lipinski definition) is 2. The van der Waals surface area contributed by atoms with Crippen LogP contribution in [0.1, 0.15) is 10.4 Å². The summed E-state index contributed by atoms with van der Waals surface area (Å²) in [5, 5.41) is 6.58. The van der Waals surface area contributed by atoms with Gasteiger partial charge in [-0.15, -0.1) is 0 Å². The van der Waals surface area contributed by atoms with Gasteiger partial charge in [-0.05, 0) is 30.3 Å². The van der Waals surface area contributed by atoms with Crippen molar-refractivity contribution < 1.29 is 9.53 Å². The first-order valence-corrected chi connectivity index (χ1v) is 8.30. The highest BCUT2D eigenvalue weighted by Gasteiger charge is 2.10. The van der Waals surface area contributed by atoms with Crippen molar-refractivity contribution in [3.05, 3.63) is 70.5 Å². The van der Waals surface area contributed by atoms with Crippen LogP contribution in [0.15, 0.2) is 54.9 Å². The van der Waals surface area contributed by atoms with Crippen molar-refractivity contribution in [2.75, 3.05) is 17.7 Å². The molecule has 0 fully saturated rings. The molecule has 0 bridgehead atoms. The Labute approximate surface area is 160 Å². The standard InChI is InChI=1S/C18H14Cl2N4O2/c1-26-14-4-2-3-13(8-14)23-18-21-9-11(10-22-18)17(25)24-16-7-12(19)5-6-15(16)20/h2-10H,1H3,(H,24,25)(H,21,22,23). The van der Waals surface area contributed by atoms with Crippen molar-refractivity contribution in [3.8, 4) is 5.75 Å². The minimum absolute atomic E-state index is 0.289. The van der Waals surface area contributed by atoms with E-state index in [0.29, 0.717) is 27.4 Å². The molecule has 1 amide bonds. The summed E-state index contributed by atoms with van der Waals surface area (Å²) in [5.41, 5.74) is 1.48. The predicted molar refractivity (Wildman–Crippen MR) is 103 cm³/mol. The number of anilines is 3. The molecule has 0 saturated heterocycles. The SMILES string of the molecule is COc1cccc(Nc2ncc(C(=O)Nc3cc(Cl)ccc3Cl)cn2)c1. The first-order chi connectivity index (χ1) is 12.5. The van der Waals surface area contributed by atoms with Crippen molar-refractivity contribution in [3.63, 3.8) is 0 Å². The summed E-state index contributed by atoms with van der Waals surface area (Å²) < 4.78 is 5.16. The quantitative estimate of drug-likeness (QED) is 0.656. The first kappa shape index (κ1) is 18.0. The minimum Gasteiger partial charge on any atom is -0.497 e. The molecule has 0 aliphatic carbocycles. The van der Waals surface area contributed by atoms with Gasteiger partial charge in [0.25, 0.3) is 5.91 Å². The Bertz CT molecular complexity index is 933. The molecule has 1 heterocycles. The molecule has 0 aliphatic rings. The molecule has 0 atom stereocenters. The summed E-state index contributed by atoms with van der Waals surface area (Å²) in [7, 11) is 1.59. The van der Waals surface area contributed by atoms with Crippen molar-refractivity contribution in [1.29, 1.82) is 0 Å². The average molecular weight is 389 g/mol. The zero-order valence-electron chi connectivity index (χ0n) is 13.7. The smallest absolute Gasteiger partial charge is 0.258 e. The Balaban J connectivity index is 1.70. The Morgan fingerprint density at radius 1 is 1.08 bits per heavy atom. The van der Waals surface area contributed by atoms with E-state index in [2.05, 4.69) is 20.6 Å². The van der Waals surface area contributed by atoms with Gasteiger partial charge in [-0.3, -0.25) is 4.79 Å². The van der Waals surface area contributed by atoms with Crippen LogP contribution in [0.3, 0.4) is 0 Å². The van der Waals surface area contributed by atoms with Gasteiger partial charge in [-0.1, -0.05) is 29.3 Å². The van der Waals surface area contributed by atoms with Crippen LogP contribution in [0.25, 0.3) is 0 Å². The predicted octanol–water partition coefficient (Wildman–Crippen LogP) is 4.79. The molecule has 0 spiro atoms. The lowest BCUT2D eigenvalue weighted by atomic mass is 10.2. The second-order valence-corrected chi connectivity index (χ2v) is 6.07. The van der Waals surface area contributed by atoms with Crippen LogP contribution in [0.4, 0.5) is 17.3 Å². The number of nitrogens with one attached hydrogen (secondary N) is 2. The Kier molecular flexibility index (Phi) is 5.55. The molecule has 0 radical (unpaired) electrons. The Morgan fingerprint density at radius 3 is 2.58 bits per heavy atom. The third-order valence-electron chi connectivity index (χ3n) is 3.42. The van der Waals surface area contributed by atoms with E-state index in [9.17, 15) is 4.79 Å². The van der Waals surface area contributed by atoms with Crippen LogP contribution < -0.4 is 15.4 Å². The van der Waals surface area contributed by atoms with E-state index in [4.69, 9.17) is 27.9 Å². The van der Waals surface area contributed by atoms with Gasteiger partial charge in [-0.2, -0.15) is 0 Å². The van der Waals surface area contributed by atoms with Crippen molar-refractivity contribution in [1.82, 2.24) is 9.97 Å². The highest BCUT2D eigenvalue weighted by molar-refractivity contribution is 6.35. The van der Waals surface area contributed by atoms with E-state index >= 15 is 0 Å². The average Bonchev–Trinajstić information content (AvgIpc) is 2.65. The van der Waals surface area contributed by atoms with E-state index in [-0.39, 0.29) is 11.5 Å². The van der Waals surface area contributed by atoms with E-state index in [1.54, 1.807) is 25.3 Å². The van der Waals surface area contributed by atoms with E-state index in [0.717, 1.165) is 5.69 Å². The zero-order valence-corrected chi connectivity index (χ0v) is 15.2. The number of methoxy groups -OCH3 is 1. The van der Waals surface area contributed by atoms with Gasteiger partial charge in [0.15, 0.2) is 0 Å². The largest absolute Gasteiger partial charge is 0.497 e. The van der Waals surface area contributed by atoms with Gasteiger partial charge in [0, 0.05) is 29.2 Å². The number of ether oxygens (including phenoxy) is 1. The number of nitrogens with zero attached hydrogens (tertiary/aromatic N) is 2. The third-order valence-corrected chi connectivity index (χ3v) is 3.98. The van der Waals surface area contributed by atoms with Crippen LogP contribution >= 0.6 is 23.2 Å². The maximum atomic E-state index is 12.3. The zero-order chi connectivity index (χ0) is 18.5. The van der Waals surface area contributed by atoms with Crippen molar-refractivity contribution in [2.45, 2.75) is 0 Å². The molecule has 0 aliphatic heterocycles. The summed E-state index contributed by atoms with van der Waals surface area (Å²) in [6.07, 6.45) is 2.84.